The number of aromatic hydroxyl groups is 1. The number of carbonyl (C=O) groups excluding carboxylic acids is 1. The summed E-state index contributed by atoms with van der Waals surface area (Å²) in [5.74, 6) is -5.33. The number of carbonyl (C=O) groups is 1. The Labute approximate surface area is 130 Å². The van der Waals surface area contributed by atoms with E-state index in [4.69, 9.17) is 0 Å². The van der Waals surface area contributed by atoms with E-state index in [0.29, 0.717) is 12.1 Å². The molecule has 2 aromatic carbocycles. The van der Waals surface area contributed by atoms with E-state index in [1.807, 2.05) is 0 Å². The van der Waals surface area contributed by atoms with Gasteiger partial charge < -0.3 is 15.5 Å². The molecular weight excluding hydrogens is 311 g/mol. The third-order valence-corrected chi connectivity index (χ3v) is 3.22. The number of phenolic OH excluding ortho intramolecular Hbond substituents is 1. The van der Waals surface area contributed by atoms with Crippen LogP contribution in [0.3, 0.4) is 0 Å². The Kier molecular flexibility index (Phi) is 5.23. The molecule has 0 unspecified atom stereocenters. The molecule has 0 aliphatic heterocycles. The van der Waals surface area contributed by atoms with Gasteiger partial charge in [0.1, 0.15) is 5.75 Å². The van der Waals surface area contributed by atoms with Gasteiger partial charge in [0.25, 0.3) is 5.91 Å². The van der Waals surface area contributed by atoms with Crippen LogP contribution in [0.25, 0.3) is 0 Å². The number of nitrogens with one attached hydrogen (secondary N) is 1. The average Bonchev–Trinajstić information content (AvgIpc) is 2.53. The van der Waals surface area contributed by atoms with Crippen LogP contribution in [0.5, 0.6) is 5.75 Å². The molecule has 1 amide bonds. The third kappa shape index (κ3) is 4.23. The Morgan fingerprint density at radius 1 is 1.09 bits per heavy atom. The van der Waals surface area contributed by atoms with Crippen molar-refractivity contribution in [3.63, 3.8) is 0 Å². The largest absolute Gasteiger partial charge is 0.508 e. The molecule has 0 spiro atoms. The number of halogens is 3. The molecule has 0 radical (unpaired) electrons. The quantitative estimate of drug-likeness (QED) is 0.738. The highest BCUT2D eigenvalue weighted by Crippen LogP contribution is 2.15. The van der Waals surface area contributed by atoms with E-state index in [1.165, 1.54) is 12.1 Å². The van der Waals surface area contributed by atoms with Crippen molar-refractivity contribution >= 4 is 5.91 Å². The molecule has 0 aromatic heterocycles. The molecule has 0 bridgehead atoms. The van der Waals surface area contributed by atoms with Crippen LogP contribution in [0, 0.1) is 17.5 Å². The van der Waals surface area contributed by atoms with Gasteiger partial charge in [0.15, 0.2) is 17.5 Å². The Morgan fingerprint density at radius 2 is 1.65 bits per heavy atom. The highest BCUT2D eigenvalue weighted by atomic mass is 19.2. The van der Waals surface area contributed by atoms with Crippen molar-refractivity contribution in [1.29, 1.82) is 0 Å². The number of benzene rings is 2. The number of aliphatic hydroxyl groups excluding tert-OH is 1. The minimum atomic E-state index is -1.65. The van der Waals surface area contributed by atoms with E-state index in [1.54, 1.807) is 12.1 Å². The molecule has 2 aromatic rings. The summed E-state index contributed by atoms with van der Waals surface area (Å²) < 4.78 is 39.2. The van der Waals surface area contributed by atoms with Crippen molar-refractivity contribution in [3.05, 3.63) is 65.0 Å². The van der Waals surface area contributed by atoms with Gasteiger partial charge in [0.05, 0.1) is 12.6 Å². The first kappa shape index (κ1) is 16.8. The molecule has 0 fully saturated rings. The Hall–Kier alpha value is -2.54. The van der Waals surface area contributed by atoms with E-state index in [9.17, 15) is 28.2 Å². The summed E-state index contributed by atoms with van der Waals surface area (Å²) in [4.78, 5) is 12.0. The second kappa shape index (κ2) is 7.15. The molecular formula is C16H14F3NO3. The van der Waals surface area contributed by atoms with Gasteiger partial charge in [-0.3, -0.25) is 4.79 Å². The van der Waals surface area contributed by atoms with E-state index in [-0.39, 0.29) is 17.7 Å². The van der Waals surface area contributed by atoms with Crippen LogP contribution in [0.4, 0.5) is 13.2 Å². The summed E-state index contributed by atoms with van der Waals surface area (Å²) in [5.41, 5.74) is 0.351. The molecule has 7 heteroatoms. The van der Waals surface area contributed by atoms with Gasteiger partial charge in [0.2, 0.25) is 0 Å². The van der Waals surface area contributed by atoms with E-state index in [2.05, 4.69) is 5.32 Å². The highest BCUT2D eigenvalue weighted by molar-refractivity contribution is 5.94. The van der Waals surface area contributed by atoms with E-state index < -0.39 is 36.0 Å². The molecule has 1 atom stereocenters. The van der Waals surface area contributed by atoms with Crippen LogP contribution >= 0.6 is 0 Å². The van der Waals surface area contributed by atoms with Gasteiger partial charge in [-0.15, -0.1) is 0 Å². The van der Waals surface area contributed by atoms with Crippen LogP contribution in [0.2, 0.25) is 0 Å². The highest BCUT2D eigenvalue weighted by Gasteiger charge is 2.18. The lowest BCUT2D eigenvalue weighted by molar-refractivity contribution is 0.0915. The standard InChI is InChI=1S/C16H14F3NO3/c17-13-6-10(7-14(18)15(13)19)16(23)20-11(8-21)5-9-1-3-12(22)4-2-9/h1-4,6-7,11,21-22H,5,8H2,(H,20,23)/t11-/m0/s1. The molecule has 0 saturated carbocycles. The van der Waals surface area contributed by atoms with Crippen molar-refractivity contribution in [3.8, 4) is 5.75 Å². The van der Waals surface area contributed by atoms with Gasteiger partial charge in [-0.05, 0) is 36.2 Å². The molecule has 23 heavy (non-hydrogen) atoms. The molecule has 0 aliphatic rings. The summed E-state index contributed by atoms with van der Waals surface area (Å²) in [5, 5.41) is 20.9. The first-order valence-corrected chi connectivity index (χ1v) is 6.75. The summed E-state index contributed by atoms with van der Waals surface area (Å²) in [6, 6.07) is 6.60. The van der Waals surface area contributed by atoms with Crippen molar-refractivity contribution in [2.45, 2.75) is 12.5 Å². The van der Waals surface area contributed by atoms with Gasteiger partial charge in [-0.1, -0.05) is 12.1 Å². The number of rotatable bonds is 5. The zero-order valence-corrected chi connectivity index (χ0v) is 11.9. The van der Waals surface area contributed by atoms with Crippen LogP contribution in [0.1, 0.15) is 15.9 Å². The zero-order valence-electron chi connectivity index (χ0n) is 11.9. The van der Waals surface area contributed by atoms with Crippen molar-refractivity contribution in [2.24, 2.45) is 0 Å². The molecule has 0 heterocycles. The fourth-order valence-electron chi connectivity index (χ4n) is 2.03. The maximum Gasteiger partial charge on any atom is 0.251 e. The van der Waals surface area contributed by atoms with Gasteiger partial charge in [-0.2, -0.15) is 0 Å². The molecule has 3 N–H and O–H groups in total. The molecule has 122 valence electrons. The smallest absolute Gasteiger partial charge is 0.251 e. The summed E-state index contributed by atoms with van der Waals surface area (Å²) in [7, 11) is 0. The normalized spacial score (nSPS) is 12.0. The molecule has 0 aliphatic carbocycles. The second-order valence-corrected chi connectivity index (χ2v) is 4.98. The lowest BCUT2D eigenvalue weighted by atomic mass is 10.1. The predicted octanol–water partition coefficient (Wildman–Crippen LogP) is 2.14. The molecule has 0 saturated heterocycles. The van der Waals surface area contributed by atoms with Gasteiger partial charge in [-0.25, -0.2) is 13.2 Å². The van der Waals surface area contributed by atoms with Crippen LogP contribution in [-0.2, 0) is 6.42 Å². The van der Waals surface area contributed by atoms with Crippen LogP contribution in [0.15, 0.2) is 36.4 Å². The van der Waals surface area contributed by atoms with Crippen molar-refractivity contribution in [2.75, 3.05) is 6.61 Å². The van der Waals surface area contributed by atoms with E-state index >= 15 is 0 Å². The average molecular weight is 325 g/mol. The molecule has 2 rings (SSSR count). The lowest BCUT2D eigenvalue weighted by Gasteiger charge is -2.16. The first-order chi connectivity index (χ1) is 10.9. The maximum atomic E-state index is 13.1. The Balaban J connectivity index is 2.09. The molecule has 4 nitrogen and oxygen atoms in total. The summed E-state index contributed by atoms with van der Waals surface area (Å²) in [6.07, 6.45) is 0.245. The number of phenols is 1. The van der Waals surface area contributed by atoms with Gasteiger partial charge >= 0.3 is 0 Å². The Bertz CT molecular complexity index is 681. The Morgan fingerprint density at radius 3 is 2.17 bits per heavy atom. The maximum absolute atomic E-state index is 13.1. The topological polar surface area (TPSA) is 69.6 Å². The predicted molar refractivity (Wildman–Crippen MR) is 76.5 cm³/mol. The zero-order chi connectivity index (χ0) is 17.0. The number of hydrogen-bond donors (Lipinski definition) is 3. The minimum Gasteiger partial charge on any atom is -0.508 e. The fourth-order valence-corrected chi connectivity index (χ4v) is 2.03. The fraction of sp³-hybridized carbons (Fsp3) is 0.188. The van der Waals surface area contributed by atoms with Gasteiger partial charge in [0, 0.05) is 5.56 Å². The van der Waals surface area contributed by atoms with Crippen molar-refractivity contribution in [1.82, 2.24) is 5.32 Å². The van der Waals surface area contributed by atoms with E-state index in [0.717, 1.165) is 5.56 Å². The SMILES string of the molecule is O=C(N[C@H](CO)Cc1ccc(O)cc1)c1cc(F)c(F)c(F)c1. The first-order valence-electron chi connectivity index (χ1n) is 6.75. The van der Waals surface area contributed by atoms with Crippen molar-refractivity contribution < 1.29 is 28.2 Å². The number of aliphatic hydroxyl groups is 1. The van der Waals surface area contributed by atoms with Crippen LogP contribution in [-0.4, -0.2) is 28.8 Å². The van der Waals surface area contributed by atoms with Crippen LogP contribution < -0.4 is 5.32 Å². The monoisotopic (exact) mass is 325 g/mol. The lowest BCUT2D eigenvalue weighted by Crippen LogP contribution is -2.39. The summed E-state index contributed by atoms with van der Waals surface area (Å²) >= 11 is 0. The summed E-state index contributed by atoms with van der Waals surface area (Å²) in [6.45, 7) is -0.404. The number of amides is 1. The number of hydrogen-bond acceptors (Lipinski definition) is 3. The second-order valence-electron chi connectivity index (χ2n) is 4.98. The minimum absolute atomic E-state index is 0.0793. The third-order valence-electron chi connectivity index (χ3n) is 3.22.